The van der Waals surface area contributed by atoms with Gasteiger partial charge in [-0.3, -0.25) is 4.98 Å². The van der Waals surface area contributed by atoms with E-state index in [0.29, 0.717) is 17.5 Å². The summed E-state index contributed by atoms with van der Waals surface area (Å²) in [5.74, 6) is 1.51. The molecule has 0 radical (unpaired) electrons. The van der Waals surface area contributed by atoms with E-state index in [4.69, 9.17) is 9.84 Å². The van der Waals surface area contributed by atoms with Gasteiger partial charge in [-0.25, -0.2) is 4.68 Å². The summed E-state index contributed by atoms with van der Waals surface area (Å²) in [4.78, 5) is 4.43. The molecule has 0 saturated carbocycles. The number of aliphatic hydroxyl groups excluding tert-OH is 1. The molecule has 2 aromatic heterocycles. The summed E-state index contributed by atoms with van der Waals surface area (Å²) in [5.41, 5.74) is 2.99. The highest BCUT2D eigenvalue weighted by Gasteiger charge is 2.12. The fourth-order valence-corrected chi connectivity index (χ4v) is 2.81. The quantitative estimate of drug-likeness (QED) is 0.795. The molecule has 0 fully saturated rings. The summed E-state index contributed by atoms with van der Waals surface area (Å²) in [5, 5.41) is 21.0. The number of aliphatic hydroxyl groups is 1. The van der Waals surface area contributed by atoms with Gasteiger partial charge in [0.25, 0.3) is 0 Å². The Kier molecular flexibility index (Phi) is 4.91. The second kappa shape index (κ2) is 6.67. The van der Waals surface area contributed by atoms with Gasteiger partial charge in [-0.1, -0.05) is 11.8 Å². The van der Waals surface area contributed by atoms with Crippen LogP contribution in [0.5, 0.6) is 5.75 Å². The van der Waals surface area contributed by atoms with Crippen molar-refractivity contribution in [2.75, 3.05) is 13.7 Å². The molecule has 2 aromatic rings. The zero-order valence-electron chi connectivity index (χ0n) is 11.7. The highest BCUT2D eigenvalue weighted by atomic mass is 32.2. The van der Waals surface area contributed by atoms with Crippen LogP contribution in [0.25, 0.3) is 0 Å². The van der Waals surface area contributed by atoms with Gasteiger partial charge in [0.1, 0.15) is 5.75 Å². The lowest BCUT2D eigenvalue weighted by Crippen LogP contribution is -2.06. The Morgan fingerprint density at radius 2 is 2.20 bits per heavy atom. The van der Waals surface area contributed by atoms with E-state index in [2.05, 4.69) is 20.5 Å². The molecular weight excluding hydrogens is 278 g/mol. The maximum atomic E-state index is 8.94. The van der Waals surface area contributed by atoms with Crippen LogP contribution in [0.15, 0.2) is 11.4 Å². The number of aromatic nitrogens is 5. The lowest BCUT2D eigenvalue weighted by atomic mass is 10.1. The predicted molar refractivity (Wildman–Crippen MR) is 74.7 cm³/mol. The molecule has 1 N–H and O–H groups in total. The molecule has 7 nitrogen and oxygen atoms in total. The third-order valence-corrected chi connectivity index (χ3v) is 3.87. The molecule has 0 spiro atoms. The van der Waals surface area contributed by atoms with E-state index in [1.807, 2.05) is 13.8 Å². The maximum absolute atomic E-state index is 8.94. The fraction of sp³-hybridized carbons (Fsp3) is 0.500. The van der Waals surface area contributed by atoms with Crippen LogP contribution >= 0.6 is 11.8 Å². The molecule has 0 aromatic carbocycles. The molecule has 0 unspecified atom stereocenters. The van der Waals surface area contributed by atoms with E-state index in [-0.39, 0.29) is 6.61 Å². The molecule has 0 aliphatic carbocycles. The number of nitrogens with zero attached hydrogens (tertiary/aromatic N) is 5. The Bertz CT molecular complexity index is 587. The van der Waals surface area contributed by atoms with Crippen molar-refractivity contribution in [3.63, 3.8) is 0 Å². The largest absolute Gasteiger partial charge is 0.496 e. The molecule has 0 aliphatic heterocycles. The second-order valence-electron chi connectivity index (χ2n) is 4.24. The van der Waals surface area contributed by atoms with Crippen molar-refractivity contribution >= 4 is 11.8 Å². The normalized spacial score (nSPS) is 10.8. The number of ether oxygens (including phenoxy) is 1. The zero-order valence-corrected chi connectivity index (χ0v) is 12.5. The minimum Gasteiger partial charge on any atom is -0.496 e. The fourth-order valence-electron chi connectivity index (χ4n) is 1.88. The van der Waals surface area contributed by atoms with Gasteiger partial charge in [-0.05, 0) is 24.3 Å². The minimum absolute atomic E-state index is 0.00817. The summed E-state index contributed by atoms with van der Waals surface area (Å²) in [6.45, 7) is 4.36. The van der Waals surface area contributed by atoms with Crippen LogP contribution in [0.2, 0.25) is 0 Å². The first-order valence-electron chi connectivity index (χ1n) is 6.16. The van der Waals surface area contributed by atoms with Crippen LogP contribution in [0.3, 0.4) is 0 Å². The highest BCUT2D eigenvalue weighted by molar-refractivity contribution is 7.98. The summed E-state index contributed by atoms with van der Waals surface area (Å²) >= 11 is 1.48. The number of hydrogen-bond donors (Lipinski definition) is 1. The monoisotopic (exact) mass is 295 g/mol. The lowest BCUT2D eigenvalue weighted by molar-refractivity contribution is 0.262. The van der Waals surface area contributed by atoms with E-state index < -0.39 is 0 Å². The molecule has 8 heteroatoms. The molecule has 0 aliphatic rings. The van der Waals surface area contributed by atoms with Crippen LogP contribution in [0.4, 0.5) is 0 Å². The van der Waals surface area contributed by atoms with Gasteiger partial charge in [0, 0.05) is 23.1 Å². The average molecular weight is 295 g/mol. The molecule has 0 atom stereocenters. The zero-order chi connectivity index (χ0) is 14.5. The van der Waals surface area contributed by atoms with Gasteiger partial charge < -0.3 is 9.84 Å². The molecule has 2 heterocycles. The summed E-state index contributed by atoms with van der Waals surface area (Å²) < 4.78 is 6.96. The summed E-state index contributed by atoms with van der Waals surface area (Å²) in [6, 6.07) is 0. The Labute approximate surface area is 121 Å². The van der Waals surface area contributed by atoms with E-state index in [1.54, 1.807) is 18.0 Å². The van der Waals surface area contributed by atoms with Crippen LogP contribution in [0.1, 0.15) is 16.8 Å². The summed E-state index contributed by atoms with van der Waals surface area (Å²) in [6.07, 6.45) is 1.80. The third kappa shape index (κ3) is 3.07. The average Bonchev–Trinajstić information content (AvgIpc) is 2.86. The Morgan fingerprint density at radius 3 is 2.90 bits per heavy atom. The highest BCUT2D eigenvalue weighted by Crippen LogP contribution is 2.28. The number of thioether (sulfide) groups is 1. The number of pyridine rings is 1. The van der Waals surface area contributed by atoms with Gasteiger partial charge in [-0.15, -0.1) is 5.10 Å². The van der Waals surface area contributed by atoms with Gasteiger partial charge in [0.05, 0.1) is 26.0 Å². The second-order valence-corrected chi connectivity index (χ2v) is 5.19. The third-order valence-electron chi connectivity index (χ3n) is 2.90. The van der Waals surface area contributed by atoms with E-state index in [1.165, 1.54) is 11.8 Å². The van der Waals surface area contributed by atoms with Crippen molar-refractivity contribution in [2.45, 2.75) is 31.3 Å². The smallest absolute Gasteiger partial charge is 0.209 e. The van der Waals surface area contributed by atoms with Crippen LogP contribution in [-0.4, -0.2) is 44.0 Å². The Balaban J connectivity index is 2.13. The predicted octanol–water partition coefficient (Wildman–Crippen LogP) is 0.978. The molecule has 0 amide bonds. The molecule has 108 valence electrons. The lowest BCUT2D eigenvalue weighted by Gasteiger charge is -2.11. The van der Waals surface area contributed by atoms with Crippen molar-refractivity contribution in [2.24, 2.45) is 0 Å². The Morgan fingerprint density at radius 1 is 1.40 bits per heavy atom. The number of hydrogen-bond acceptors (Lipinski definition) is 7. The van der Waals surface area contributed by atoms with Crippen molar-refractivity contribution in [1.29, 1.82) is 0 Å². The van der Waals surface area contributed by atoms with Crippen molar-refractivity contribution in [1.82, 2.24) is 25.2 Å². The maximum Gasteiger partial charge on any atom is 0.209 e. The van der Waals surface area contributed by atoms with Gasteiger partial charge in [0.2, 0.25) is 5.16 Å². The molecule has 20 heavy (non-hydrogen) atoms. The molecular formula is C12H17N5O2S. The number of aryl methyl sites for hydroxylation is 1. The first kappa shape index (κ1) is 14.7. The minimum atomic E-state index is 0.00817. The SMILES string of the molecule is COc1c(C)cnc(CSc2nnnn2CCO)c1C. The number of rotatable bonds is 6. The van der Waals surface area contributed by atoms with E-state index >= 15 is 0 Å². The van der Waals surface area contributed by atoms with Gasteiger partial charge in [0.15, 0.2) is 0 Å². The Hall–Kier alpha value is -1.67. The first-order chi connectivity index (χ1) is 9.67. The number of methoxy groups -OCH3 is 1. The van der Waals surface area contributed by atoms with Gasteiger partial charge >= 0.3 is 0 Å². The van der Waals surface area contributed by atoms with E-state index in [0.717, 1.165) is 22.6 Å². The number of tetrazole rings is 1. The van der Waals surface area contributed by atoms with E-state index in [9.17, 15) is 0 Å². The standard InChI is InChI=1S/C12H17N5O2S/c1-8-6-13-10(9(2)11(8)19-3)7-20-12-14-15-16-17(12)4-5-18/h6,18H,4-5,7H2,1-3H3. The molecule has 0 saturated heterocycles. The first-order valence-corrected chi connectivity index (χ1v) is 7.14. The van der Waals surface area contributed by atoms with Crippen molar-refractivity contribution < 1.29 is 9.84 Å². The van der Waals surface area contributed by atoms with Crippen LogP contribution < -0.4 is 4.74 Å². The van der Waals surface area contributed by atoms with Crippen LogP contribution in [-0.2, 0) is 12.3 Å². The molecule has 0 bridgehead atoms. The van der Waals surface area contributed by atoms with Crippen LogP contribution in [0, 0.1) is 13.8 Å². The molecule has 2 rings (SSSR count). The van der Waals surface area contributed by atoms with Crippen molar-refractivity contribution in [3.05, 3.63) is 23.0 Å². The van der Waals surface area contributed by atoms with Crippen molar-refractivity contribution in [3.8, 4) is 5.75 Å². The summed E-state index contributed by atoms with van der Waals surface area (Å²) in [7, 11) is 1.66. The van der Waals surface area contributed by atoms with Gasteiger partial charge in [-0.2, -0.15) is 0 Å². The topological polar surface area (TPSA) is 86.0 Å².